The highest BCUT2D eigenvalue weighted by molar-refractivity contribution is 5.85. The largest absolute Gasteiger partial charge is 0.381 e. The fourth-order valence-corrected chi connectivity index (χ4v) is 2.30. The van der Waals surface area contributed by atoms with Crippen molar-refractivity contribution in [2.45, 2.75) is 26.2 Å². The fraction of sp³-hybridized carbons (Fsp3) is 0.923. The number of ether oxygens (including phenoxy) is 1. The van der Waals surface area contributed by atoms with Crippen molar-refractivity contribution in [3.05, 3.63) is 0 Å². The van der Waals surface area contributed by atoms with Gasteiger partial charge in [0.2, 0.25) is 5.91 Å². The molecular weight excluding hydrogens is 252 g/mol. The van der Waals surface area contributed by atoms with E-state index >= 15 is 0 Å². The second-order valence-electron chi connectivity index (χ2n) is 5.23. The van der Waals surface area contributed by atoms with Crippen LogP contribution in [0, 0.1) is 11.8 Å². The van der Waals surface area contributed by atoms with Crippen LogP contribution in [-0.4, -0.2) is 50.2 Å². The lowest BCUT2D eigenvalue weighted by atomic mass is 10.1. The minimum atomic E-state index is 0. The van der Waals surface area contributed by atoms with Crippen LogP contribution < -0.4 is 5.32 Å². The number of amides is 1. The first-order valence-electron chi connectivity index (χ1n) is 6.85. The molecule has 1 aliphatic heterocycles. The Morgan fingerprint density at radius 2 is 2.11 bits per heavy atom. The summed E-state index contributed by atoms with van der Waals surface area (Å²) >= 11 is 0. The van der Waals surface area contributed by atoms with Crippen molar-refractivity contribution in [1.82, 2.24) is 10.2 Å². The maximum Gasteiger partial charge on any atom is 0.236 e. The van der Waals surface area contributed by atoms with E-state index in [0.717, 1.165) is 45.2 Å². The third-order valence-electron chi connectivity index (χ3n) is 3.60. The van der Waals surface area contributed by atoms with Gasteiger partial charge in [-0.25, -0.2) is 0 Å². The van der Waals surface area contributed by atoms with Crippen molar-refractivity contribution in [3.63, 3.8) is 0 Å². The monoisotopic (exact) mass is 276 g/mol. The maximum atomic E-state index is 11.9. The van der Waals surface area contributed by atoms with Crippen LogP contribution in [0.25, 0.3) is 0 Å². The molecule has 0 aromatic carbocycles. The molecule has 0 aromatic rings. The second kappa shape index (κ2) is 7.97. The SMILES string of the molecule is CCOCC1CCN(C(=O)CNCC2CC2)C1.Cl. The molecule has 1 aliphatic carbocycles. The van der Waals surface area contributed by atoms with Crippen LogP contribution in [0.2, 0.25) is 0 Å². The molecule has 2 fully saturated rings. The maximum absolute atomic E-state index is 11.9. The molecule has 2 aliphatic rings. The van der Waals surface area contributed by atoms with E-state index in [1.165, 1.54) is 12.8 Å². The predicted molar refractivity (Wildman–Crippen MR) is 74.0 cm³/mol. The highest BCUT2D eigenvalue weighted by Crippen LogP contribution is 2.27. The summed E-state index contributed by atoms with van der Waals surface area (Å²) in [5.41, 5.74) is 0. The van der Waals surface area contributed by atoms with Crippen molar-refractivity contribution in [1.29, 1.82) is 0 Å². The molecule has 0 radical (unpaired) electrons. The summed E-state index contributed by atoms with van der Waals surface area (Å²) in [4.78, 5) is 13.9. The molecule has 4 nitrogen and oxygen atoms in total. The Morgan fingerprint density at radius 1 is 1.33 bits per heavy atom. The predicted octanol–water partition coefficient (Wildman–Crippen LogP) is 1.29. The highest BCUT2D eigenvalue weighted by atomic mass is 35.5. The smallest absolute Gasteiger partial charge is 0.236 e. The molecular formula is C13H25ClN2O2. The number of hydrogen-bond donors (Lipinski definition) is 1. The van der Waals surface area contributed by atoms with E-state index in [1.54, 1.807) is 0 Å². The van der Waals surface area contributed by atoms with E-state index in [2.05, 4.69) is 5.32 Å². The van der Waals surface area contributed by atoms with E-state index in [-0.39, 0.29) is 18.3 Å². The number of carbonyl (C=O) groups is 1. The van der Waals surface area contributed by atoms with Gasteiger partial charge in [-0.3, -0.25) is 4.79 Å². The van der Waals surface area contributed by atoms with Gasteiger partial charge in [-0.15, -0.1) is 12.4 Å². The Morgan fingerprint density at radius 3 is 2.78 bits per heavy atom. The van der Waals surface area contributed by atoms with Gasteiger partial charge in [-0.05, 0) is 38.6 Å². The van der Waals surface area contributed by atoms with E-state index in [1.807, 2.05) is 11.8 Å². The third kappa shape index (κ3) is 5.12. The number of nitrogens with zero attached hydrogens (tertiary/aromatic N) is 1. The van der Waals surface area contributed by atoms with E-state index in [9.17, 15) is 4.79 Å². The van der Waals surface area contributed by atoms with E-state index < -0.39 is 0 Å². The second-order valence-corrected chi connectivity index (χ2v) is 5.23. The summed E-state index contributed by atoms with van der Waals surface area (Å²) in [5.74, 6) is 1.64. The number of nitrogens with one attached hydrogen (secondary N) is 1. The van der Waals surface area contributed by atoms with E-state index in [0.29, 0.717) is 12.5 Å². The minimum Gasteiger partial charge on any atom is -0.381 e. The number of carbonyl (C=O) groups excluding carboxylic acids is 1. The van der Waals surface area contributed by atoms with Crippen LogP contribution in [0.5, 0.6) is 0 Å². The lowest BCUT2D eigenvalue weighted by Crippen LogP contribution is -2.37. The van der Waals surface area contributed by atoms with Crippen LogP contribution in [-0.2, 0) is 9.53 Å². The molecule has 1 heterocycles. The van der Waals surface area contributed by atoms with Crippen molar-refractivity contribution in [2.75, 3.05) is 39.4 Å². The van der Waals surface area contributed by atoms with Gasteiger partial charge in [0.1, 0.15) is 0 Å². The number of rotatable bonds is 7. The summed E-state index contributed by atoms with van der Waals surface area (Å²) in [6.45, 7) is 6.90. The number of hydrogen-bond acceptors (Lipinski definition) is 3. The average Bonchev–Trinajstić information content (AvgIpc) is 3.03. The Bertz CT molecular complexity index is 259. The summed E-state index contributed by atoms with van der Waals surface area (Å²) in [6.07, 6.45) is 3.76. The molecule has 1 atom stereocenters. The topological polar surface area (TPSA) is 41.6 Å². The summed E-state index contributed by atoms with van der Waals surface area (Å²) in [7, 11) is 0. The van der Waals surface area contributed by atoms with Gasteiger partial charge in [-0.1, -0.05) is 0 Å². The van der Waals surface area contributed by atoms with Crippen LogP contribution in [0.4, 0.5) is 0 Å². The van der Waals surface area contributed by atoms with Crippen molar-refractivity contribution < 1.29 is 9.53 Å². The molecule has 106 valence electrons. The highest BCUT2D eigenvalue weighted by Gasteiger charge is 2.26. The molecule has 0 bridgehead atoms. The number of likely N-dealkylation sites (tertiary alicyclic amines) is 1. The first-order valence-corrected chi connectivity index (χ1v) is 6.85. The zero-order valence-electron chi connectivity index (χ0n) is 11.2. The Hall–Kier alpha value is -0.320. The molecule has 1 unspecified atom stereocenters. The van der Waals surface area contributed by atoms with Gasteiger partial charge >= 0.3 is 0 Å². The molecule has 18 heavy (non-hydrogen) atoms. The molecule has 0 aromatic heterocycles. The molecule has 5 heteroatoms. The fourth-order valence-electron chi connectivity index (χ4n) is 2.30. The Labute approximate surface area is 116 Å². The Balaban J connectivity index is 0.00000162. The molecule has 2 rings (SSSR count). The van der Waals surface area contributed by atoms with Crippen LogP contribution in [0.3, 0.4) is 0 Å². The standard InChI is InChI=1S/C13H24N2O2.ClH/c1-2-17-10-12-5-6-15(9-12)13(16)8-14-7-11-3-4-11;/h11-12,14H,2-10H2,1H3;1H. The van der Waals surface area contributed by atoms with Gasteiger partial charge in [0, 0.05) is 25.6 Å². The molecule has 1 saturated heterocycles. The molecule has 1 saturated carbocycles. The average molecular weight is 277 g/mol. The molecule has 1 amide bonds. The first-order chi connectivity index (χ1) is 8.29. The number of halogens is 1. The van der Waals surface area contributed by atoms with Crippen molar-refractivity contribution >= 4 is 18.3 Å². The van der Waals surface area contributed by atoms with Crippen LogP contribution in [0.15, 0.2) is 0 Å². The molecule has 1 N–H and O–H groups in total. The van der Waals surface area contributed by atoms with Gasteiger partial charge in [0.15, 0.2) is 0 Å². The lowest BCUT2D eigenvalue weighted by molar-refractivity contribution is -0.129. The van der Waals surface area contributed by atoms with Gasteiger partial charge in [0.05, 0.1) is 13.2 Å². The zero-order valence-corrected chi connectivity index (χ0v) is 12.0. The summed E-state index contributed by atoms with van der Waals surface area (Å²) in [6, 6.07) is 0. The van der Waals surface area contributed by atoms with Crippen molar-refractivity contribution in [2.24, 2.45) is 11.8 Å². The minimum absolute atomic E-state index is 0. The van der Waals surface area contributed by atoms with Crippen molar-refractivity contribution in [3.8, 4) is 0 Å². The third-order valence-corrected chi connectivity index (χ3v) is 3.60. The molecule has 0 spiro atoms. The van der Waals surface area contributed by atoms with Gasteiger partial charge < -0.3 is 15.0 Å². The van der Waals surface area contributed by atoms with Gasteiger partial charge in [0.25, 0.3) is 0 Å². The Kier molecular flexibility index (Phi) is 6.97. The summed E-state index contributed by atoms with van der Waals surface area (Å²) in [5, 5.41) is 3.26. The van der Waals surface area contributed by atoms with E-state index in [4.69, 9.17) is 4.74 Å². The quantitative estimate of drug-likeness (QED) is 0.762. The normalized spacial score (nSPS) is 22.9. The zero-order chi connectivity index (χ0) is 12.1. The van der Waals surface area contributed by atoms with Crippen LogP contribution >= 0.6 is 12.4 Å². The van der Waals surface area contributed by atoms with Crippen LogP contribution in [0.1, 0.15) is 26.2 Å². The lowest BCUT2D eigenvalue weighted by Gasteiger charge is -2.17. The van der Waals surface area contributed by atoms with Gasteiger partial charge in [-0.2, -0.15) is 0 Å². The summed E-state index contributed by atoms with van der Waals surface area (Å²) < 4.78 is 5.41. The first kappa shape index (κ1) is 15.7.